The van der Waals surface area contributed by atoms with Gasteiger partial charge < -0.3 is 15.2 Å². The van der Waals surface area contributed by atoms with Crippen LogP contribution >= 0.6 is 27.5 Å². The Balaban J connectivity index is 1.63. The van der Waals surface area contributed by atoms with Crippen LogP contribution in [0, 0.1) is 0 Å². The fourth-order valence-corrected chi connectivity index (χ4v) is 3.22. The first-order valence-electron chi connectivity index (χ1n) is 9.42. The van der Waals surface area contributed by atoms with Crippen molar-refractivity contribution in [2.75, 3.05) is 0 Å². The molecule has 0 unspecified atom stereocenters. The molecule has 0 aliphatic heterocycles. The van der Waals surface area contributed by atoms with E-state index < -0.39 is 5.97 Å². The normalized spacial score (nSPS) is 11.1. The maximum Gasteiger partial charge on any atom is 0.352 e. The Morgan fingerprint density at radius 1 is 1.00 bits per heavy atom. The van der Waals surface area contributed by atoms with Crippen molar-refractivity contribution in [1.29, 1.82) is 0 Å². The van der Waals surface area contributed by atoms with Gasteiger partial charge in [0, 0.05) is 11.4 Å². The molecule has 0 atom stereocenters. The molecule has 2 N–H and O–H groups in total. The number of carboxylic acid groups (broad SMARTS) is 1. The van der Waals surface area contributed by atoms with Crippen molar-refractivity contribution in [2.45, 2.75) is 12.8 Å². The van der Waals surface area contributed by atoms with Gasteiger partial charge in [-0.1, -0.05) is 48.0 Å². The minimum absolute atomic E-state index is 0.158. The summed E-state index contributed by atoms with van der Waals surface area (Å²) in [5, 5.41) is 12.5. The van der Waals surface area contributed by atoms with E-state index in [1.54, 1.807) is 36.4 Å². The largest absolute Gasteiger partial charge is 0.477 e. The Morgan fingerprint density at radius 2 is 1.68 bits per heavy atom. The number of aliphatic carboxylic acids is 1. The first kappa shape index (κ1) is 22.6. The minimum Gasteiger partial charge on any atom is -0.477 e. The average molecular weight is 501 g/mol. The van der Waals surface area contributed by atoms with Gasteiger partial charge in [-0.15, -0.1) is 0 Å². The number of nitrogens with one attached hydrogen (secondary N) is 1. The Labute approximate surface area is 193 Å². The summed E-state index contributed by atoms with van der Waals surface area (Å²) in [5.74, 6) is -0.316. The zero-order chi connectivity index (χ0) is 22.2. The predicted octanol–water partition coefficient (Wildman–Crippen LogP) is 6.07. The highest BCUT2D eigenvalue weighted by Crippen LogP contribution is 2.29. The SMILES string of the molecule is O=C(CCc1ccc(Cl)cc1)N/C(=C/c1ccc(Oc2ccccc2Br)cc1)C(=O)O. The Hall–Kier alpha value is -3.09. The minimum atomic E-state index is -1.21. The summed E-state index contributed by atoms with van der Waals surface area (Å²) < 4.78 is 6.63. The summed E-state index contributed by atoms with van der Waals surface area (Å²) in [6.45, 7) is 0. The molecule has 0 fully saturated rings. The highest BCUT2D eigenvalue weighted by molar-refractivity contribution is 9.10. The van der Waals surface area contributed by atoms with Crippen LogP contribution in [0.25, 0.3) is 6.08 Å². The molecule has 0 saturated carbocycles. The van der Waals surface area contributed by atoms with Crippen LogP contribution in [-0.2, 0) is 16.0 Å². The third-order valence-electron chi connectivity index (χ3n) is 4.31. The van der Waals surface area contributed by atoms with E-state index in [4.69, 9.17) is 16.3 Å². The summed E-state index contributed by atoms with van der Waals surface area (Å²) >= 11 is 9.27. The van der Waals surface area contributed by atoms with Crippen molar-refractivity contribution in [1.82, 2.24) is 5.32 Å². The number of carboxylic acids is 1. The maximum atomic E-state index is 12.2. The summed E-state index contributed by atoms with van der Waals surface area (Å²) in [6.07, 6.45) is 2.05. The Kier molecular flexibility index (Phi) is 7.87. The lowest BCUT2D eigenvalue weighted by molar-refractivity contribution is -0.134. The molecule has 0 aliphatic rings. The van der Waals surface area contributed by atoms with Gasteiger partial charge in [0.05, 0.1) is 4.47 Å². The second kappa shape index (κ2) is 10.8. The van der Waals surface area contributed by atoms with Crippen molar-refractivity contribution in [3.05, 3.63) is 99.1 Å². The van der Waals surface area contributed by atoms with Crippen molar-refractivity contribution in [3.8, 4) is 11.5 Å². The fourth-order valence-electron chi connectivity index (χ4n) is 2.73. The first-order valence-corrected chi connectivity index (χ1v) is 10.6. The lowest BCUT2D eigenvalue weighted by Crippen LogP contribution is -2.27. The van der Waals surface area contributed by atoms with Crippen LogP contribution in [-0.4, -0.2) is 17.0 Å². The zero-order valence-corrected chi connectivity index (χ0v) is 18.7. The smallest absolute Gasteiger partial charge is 0.352 e. The van der Waals surface area contributed by atoms with Gasteiger partial charge in [0.2, 0.25) is 5.91 Å². The molecule has 3 aromatic carbocycles. The molecule has 0 bridgehead atoms. The lowest BCUT2D eigenvalue weighted by atomic mass is 10.1. The molecule has 0 heterocycles. The number of carbonyl (C=O) groups is 2. The van der Waals surface area contributed by atoms with Crippen LogP contribution in [0.1, 0.15) is 17.5 Å². The van der Waals surface area contributed by atoms with Crippen molar-refractivity contribution >= 4 is 45.5 Å². The molecule has 0 aliphatic carbocycles. The van der Waals surface area contributed by atoms with E-state index in [-0.39, 0.29) is 18.0 Å². The van der Waals surface area contributed by atoms with E-state index in [0.29, 0.717) is 28.5 Å². The van der Waals surface area contributed by atoms with Crippen LogP contribution in [0.5, 0.6) is 11.5 Å². The van der Waals surface area contributed by atoms with E-state index in [1.807, 2.05) is 36.4 Å². The quantitative estimate of drug-likeness (QED) is 0.368. The molecule has 1 amide bonds. The number of amides is 1. The number of halogens is 2. The topological polar surface area (TPSA) is 75.6 Å². The molecule has 3 aromatic rings. The third-order valence-corrected chi connectivity index (χ3v) is 5.22. The van der Waals surface area contributed by atoms with Gasteiger partial charge in [-0.3, -0.25) is 4.79 Å². The monoisotopic (exact) mass is 499 g/mol. The van der Waals surface area contributed by atoms with E-state index in [9.17, 15) is 14.7 Å². The van der Waals surface area contributed by atoms with Gasteiger partial charge in [-0.05, 0) is 76.0 Å². The molecule has 5 nitrogen and oxygen atoms in total. The lowest BCUT2D eigenvalue weighted by Gasteiger charge is -2.09. The molecule has 158 valence electrons. The van der Waals surface area contributed by atoms with Crippen molar-refractivity contribution in [2.24, 2.45) is 0 Å². The summed E-state index contributed by atoms with van der Waals surface area (Å²) in [6, 6.07) is 21.5. The van der Waals surface area contributed by atoms with Crippen molar-refractivity contribution < 1.29 is 19.4 Å². The number of hydrogen-bond acceptors (Lipinski definition) is 3. The Bertz CT molecular complexity index is 1100. The Morgan fingerprint density at radius 3 is 2.32 bits per heavy atom. The van der Waals surface area contributed by atoms with Crippen LogP contribution in [0.15, 0.2) is 83.0 Å². The molecule has 7 heteroatoms. The number of benzene rings is 3. The first-order chi connectivity index (χ1) is 14.9. The molecule has 31 heavy (non-hydrogen) atoms. The molecule has 3 rings (SSSR count). The van der Waals surface area contributed by atoms with Gasteiger partial charge in [-0.2, -0.15) is 0 Å². The number of aryl methyl sites for hydroxylation is 1. The van der Waals surface area contributed by atoms with Gasteiger partial charge >= 0.3 is 5.97 Å². The highest BCUT2D eigenvalue weighted by atomic mass is 79.9. The van der Waals surface area contributed by atoms with Gasteiger partial charge in [0.1, 0.15) is 17.2 Å². The second-order valence-corrected chi connectivity index (χ2v) is 7.93. The van der Waals surface area contributed by atoms with E-state index in [0.717, 1.165) is 10.0 Å². The summed E-state index contributed by atoms with van der Waals surface area (Å²) in [5.41, 5.74) is 1.37. The van der Waals surface area contributed by atoms with Crippen molar-refractivity contribution in [3.63, 3.8) is 0 Å². The molecular formula is C24H19BrClNO4. The van der Waals surface area contributed by atoms with Crippen LogP contribution in [0.4, 0.5) is 0 Å². The molecular weight excluding hydrogens is 482 g/mol. The standard InChI is InChI=1S/C24H19BrClNO4/c25-20-3-1-2-4-22(20)31-19-12-7-17(8-13-19)15-21(24(29)30)27-23(28)14-9-16-5-10-18(26)11-6-16/h1-8,10-13,15H,9,14H2,(H,27,28)(H,29,30)/b21-15+. The number of ether oxygens (including phenoxy) is 1. The molecule has 0 spiro atoms. The summed E-state index contributed by atoms with van der Waals surface area (Å²) in [7, 11) is 0. The molecule has 0 radical (unpaired) electrons. The zero-order valence-electron chi connectivity index (χ0n) is 16.3. The van der Waals surface area contributed by atoms with Crippen LogP contribution in [0.2, 0.25) is 5.02 Å². The fraction of sp³-hybridized carbons (Fsp3) is 0.0833. The third kappa shape index (κ3) is 6.98. The highest BCUT2D eigenvalue weighted by Gasteiger charge is 2.12. The van der Waals surface area contributed by atoms with Crippen LogP contribution in [0.3, 0.4) is 0 Å². The van der Waals surface area contributed by atoms with Gasteiger partial charge in [0.25, 0.3) is 0 Å². The van der Waals surface area contributed by atoms with E-state index in [2.05, 4.69) is 21.2 Å². The molecule has 0 aromatic heterocycles. The average Bonchev–Trinajstić information content (AvgIpc) is 2.75. The van der Waals surface area contributed by atoms with Crippen LogP contribution < -0.4 is 10.1 Å². The number of carbonyl (C=O) groups excluding carboxylic acids is 1. The number of rotatable bonds is 8. The summed E-state index contributed by atoms with van der Waals surface area (Å²) in [4.78, 5) is 23.8. The maximum absolute atomic E-state index is 12.2. The van der Waals surface area contributed by atoms with E-state index in [1.165, 1.54) is 6.08 Å². The number of para-hydroxylation sites is 1. The van der Waals surface area contributed by atoms with E-state index >= 15 is 0 Å². The van der Waals surface area contributed by atoms with Gasteiger partial charge in [0.15, 0.2) is 0 Å². The molecule has 0 saturated heterocycles. The number of hydrogen-bond donors (Lipinski definition) is 2. The van der Waals surface area contributed by atoms with Gasteiger partial charge in [-0.25, -0.2) is 4.79 Å². The second-order valence-electron chi connectivity index (χ2n) is 6.64. The predicted molar refractivity (Wildman–Crippen MR) is 124 cm³/mol.